The molecule has 8 heteroatoms. The molecule has 2 N–H and O–H groups in total. The number of benzene rings is 1. The van der Waals surface area contributed by atoms with Crippen LogP contribution < -0.4 is 5.32 Å². The normalized spacial score (nSPS) is 20.8. The Kier molecular flexibility index (Phi) is 5.44. The van der Waals surface area contributed by atoms with Crippen molar-refractivity contribution >= 4 is 11.5 Å². The van der Waals surface area contributed by atoms with Crippen LogP contribution in [0.5, 0.6) is 5.75 Å². The highest BCUT2D eigenvalue weighted by Crippen LogP contribution is 2.33. The smallest absolute Gasteiger partial charge is 0.127 e. The largest absolute Gasteiger partial charge is 0.507 e. The van der Waals surface area contributed by atoms with E-state index in [1.54, 1.807) is 24.4 Å². The molecule has 29 heavy (non-hydrogen) atoms. The van der Waals surface area contributed by atoms with Crippen molar-refractivity contribution in [2.24, 2.45) is 16.1 Å². The summed E-state index contributed by atoms with van der Waals surface area (Å²) in [6.45, 7) is 10.5. The number of piperazine rings is 1. The highest BCUT2D eigenvalue weighted by atomic mass is 16.3. The third kappa shape index (κ3) is 4.37. The summed E-state index contributed by atoms with van der Waals surface area (Å²) in [5.41, 5.74) is 2.57. The van der Waals surface area contributed by atoms with Gasteiger partial charge in [0.2, 0.25) is 0 Å². The van der Waals surface area contributed by atoms with E-state index in [1.807, 2.05) is 19.9 Å². The van der Waals surface area contributed by atoms with Gasteiger partial charge in [-0.3, -0.25) is 0 Å². The van der Waals surface area contributed by atoms with Crippen molar-refractivity contribution in [3.8, 4) is 11.4 Å². The van der Waals surface area contributed by atoms with Crippen LogP contribution in [0.25, 0.3) is 5.69 Å². The molecule has 152 valence electrons. The predicted octanol–water partition coefficient (Wildman–Crippen LogP) is 2.27. The maximum atomic E-state index is 10.5. The lowest BCUT2D eigenvalue weighted by molar-refractivity contribution is 0.271. The lowest BCUT2D eigenvalue weighted by Crippen LogP contribution is -2.53. The van der Waals surface area contributed by atoms with Crippen LogP contribution in [0.2, 0.25) is 0 Å². The first-order valence-electron chi connectivity index (χ1n) is 10.0. The Labute approximate surface area is 170 Å². The highest BCUT2D eigenvalue weighted by Gasteiger charge is 2.34. The second-order valence-electron chi connectivity index (χ2n) is 7.66. The van der Waals surface area contributed by atoms with Gasteiger partial charge in [0.15, 0.2) is 0 Å². The molecule has 1 aromatic carbocycles. The van der Waals surface area contributed by atoms with Gasteiger partial charge in [-0.05, 0) is 50.8 Å². The number of rotatable bonds is 5. The van der Waals surface area contributed by atoms with Crippen molar-refractivity contribution in [1.82, 2.24) is 25.2 Å². The van der Waals surface area contributed by atoms with Gasteiger partial charge in [-0.1, -0.05) is 6.58 Å². The lowest BCUT2D eigenvalue weighted by atomic mass is 10.1. The highest BCUT2D eigenvalue weighted by molar-refractivity contribution is 6.10. The first kappa shape index (κ1) is 19.3. The van der Waals surface area contributed by atoms with Crippen LogP contribution >= 0.6 is 0 Å². The van der Waals surface area contributed by atoms with Gasteiger partial charge in [-0.25, -0.2) is 0 Å². The maximum Gasteiger partial charge on any atom is 0.127 e. The van der Waals surface area contributed by atoms with Gasteiger partial charge in [0.25, 0.3) is 0 Å². The van der Waals surface area contributed by atoms with E-state index >= 15 is 0 Å². The lowest BCUT2D eigenvalue weighted by Gasteiger charge is -2.34. The zero-order valence-corrected chi connectivity index (χ0v) is 16.9. The van der Waals surface area contributed by atoms with E-state index in [1.165, 1.54) is 17.6 Å². The number of phenolic OH excluding ortho intramolecular Hbond substituents is 1. The van der Waals surface area contributed by atoms with Crippen LogP contribution in [0.4, 0.5) is 0 Å². The number of hydrogen-bond acceptors (Lipinski definition) is 6. The summed E-state index contributed by atoms with van der Waals surface area (Å²) in [7, 11) is 0. The standard InChI is InChI=1S/C21H27N7O/c1-4-19(18-8-7-17(11-21(18)29)28-23-12-14(2)26-28)25-24-15(3)27-10-9-22-20(13-27)16-5-6-16/h4,7-8,11-12,16,20,22,29H,1,5-6,9-10,13H2,2-3H3/b24-15+,25-19+. The summed E-state index contributed by atoms with van der Waals surface area (Å²) in [5, 5.41) is 31.3. The first-order valence-corrected chi connectivity index (χ1v) is 10.0. The Morgan fingerprint density at radius 2 is 2.17 bits per heavy atom. The van der Waals surface area contributed by atoms with Gasteiger partial charge in [0, 0.05) is 37.3 Å². The molecule has 8 nitrogen and oxygen atoms in total. The molecule has 2 heterocycles. The van der Waals surface area contributed by atoms with Crippen LogP contribution in [0.3, 0.4) is 0 Å². The summed E-state index contributed by atoms with van der Waals surface area (Å²) in [5.74, 6) is 1.77. The Bertz CT molecular complexity index is 958. The zero-order chi connectivity index (χ0) is 20.4. The molecule has 1 aliphatic heterocycles. The fourth-order valence-corrected chi connectivity index (χ4v) is 3.61. The van der Waals surface area contributed by atoms with Gasteiger partial charge < -0.3 is 15.3 Å². The van der Waals surface area contributed by atoms with Crippen molar-refractivity contribution < 1.29 is 5.11 Å². The quantitative estimate of drug-likeness (QED) is 0.462. The summed E-state index contributed by atoms with van der Waals surface area (Å²) >= 11 is 0. The SMILES string of the molecule is C=C/C(=N\N=C(/C)N1CCNC(C2CC2)C1)c1ccc(-n2ncc(C)n2)cc1O. The second-order valence-corrected chi connectivity index (χ2v) is 7.66. The summed E-state index contributed by atoms with van der Waals surface area (Å²) in [4.78, 5) is 3.75. The molecule has 1 unspecified atom stereocenters. The molecule has 0 bridgehead atoms. The molecule has 1 aliphatic carbocycles. The first-order chi connectivity index (χ1) is 14.0. The Hall–Kier alpha value is -3.00. The van der Waals surface area contributed by atoms with Crippen molar-refractivity contribution in [2.75, 3.05) is 19.6 Å². The summed E-state index contributed by atoms with van der Waals surface area (Å²) < 4.78 is 0. The molecule has 0 radical (unpaired) electrons. The molecule has 0 amide bonds. The molecule has 1 saturated heterocycles. The van der Waals surface area contributed by atoms with E-state index in [0.29, 0.717) is 23.0 Å². The minimum absolute atomic E-state index is 0.0833. The number of aromatic nitrogens is 3. The number of amidine groups is 1. The molecule has 2 aromatic rings. The fraction of sp³-hybridized carbons (Fsp3) is 0.429. The van der Waals surface area contributed by atoms with Crippen molar-refractivity contribution in [3.05, 3.63) is 48.3 Å². The number of aryl methyl sites for hydroxylation is 1. The second kappa shape index (κ2) is 8.16. The molecule has 1 saturated carbocycles. The van der Waals surface area contributed by atoms with Crippen LogP contribution in [0, 0.1) is 12.8 Å². The van der Waals surface area contributed by atoms with E-state index in [-0.39, 0.29) is 5.75 Å². The zero-order valence-electron chi connectivity index (χ0n) is 16.9. The number of hydrogen-bond donors (Lipinski definition) is 2. The van der Waals surface area contributed by atoms with Crippen LogP contribution in [0.1, 0.15) is 31.0 Å². The van der Waals surface area contributed by atoms with Crippen molar-refractivity contribution in [3.63, 3.8) is 0 Å². The molecular formula is C21H27N7O. The van der Waals surface area contributed by atoms with E-state index < -0.39 is 0 Å². The number of allylic oxidation sites excluding steroid dienone is 1. The minimum atomic E-state index is 0.0833. The topological polar surface area (TPSA) is 90.9 Å². The van der Waals surface area contributed by atoms with E-state index in [4.69, 9.17) is 0 Å². The Balaban J connectivity index is 1.52. The molecule has 0 spiro atoms. The number of nitrogens with zero attached hydrogens (tertiary/aromatic N) is 6. The minimum Gasteiger partial charge on any atom is -0.507 e. The van der Waals surface area contributed by atoms with Crippen LogP contribution in [-0.4, -0.2) is 62.2 Å². The van der Waals surface area contributed by atoms with Gasteiger partial charge >= 0.3 is 0 Å². The number of aromatic hydroxyl groups is 1. The molecule has 2 fully saturated rings. The number of phenols is 1. The Morgan fingerprint density at radius 3 is 2.83 bits per heavy atom. The fourth-order valence-electron chi connectivity index (χ4n) is 3.61. The van der Waals surface area contributed by atoms with Crippen molar-refractivity contribution in [2.45, 2.75) is 32.7 Å². The van der Waals surface area contributed by atoms with Gasteiger partial charge in [-0.2, -0.15) is 15.0 Å². The van der Waals surface area contributed by atoms with Crippen LogP contribution in [-0.2, 0) is 0 Å². The predicted molar refractivity (Wildman–Crippen MR) is 114 cm³/mol. The molecule has 2 aliphatic rings. The Morgan fingerprint density at radius 1 is 1.34 bits per heavy atom. The molecule has 1 aromatic heterocycles. The average Bonchev–Trinajstić information content (AvgIpc) is 3.50. The monoisotopic (exact) mass is 393 g/mol. The molecular weight excluding hydrogens is 366 g/mol. The maximum absolute atomic E-state index is 10.5. The van der Waals surface area contributed by atoms with E-state index in [9.17, 15) is 5.11 Å². The molecule has 1 atom stereocenters. The van der Waals surface area contributed by atoms with Gasteiger partial charge in [0.1, 0.15) is 11.6 Å². The van der Waals surface area contributed by atoms with E-state index in [0.717, 1.165) is 37.1 Å². The van der Waals surface area contributed by atoms with Gasteiger partial charge in [0.05, 0.1) is 23.3 Å². The third-order valence-electron chi connectivity index (χ3n) is 5.44. The molecule has 4 rings (SSSR count). The summed E-state index contributed by atoms with van der Waals surface area (Å²) in [6, 6.07) is 5.78. The summed E-state index contributed by atoms with van der Waals surface area (Å²) in [6.07, 6.45) is 5.92. The van der Waals surface area contributed by atoms with Crippen molar-refractivity contribution in [1.29, 1.82) is 0 Å². The van der Waals surface area contributed by atoms with E-state index in [2.05, 4.69) is 37.2 Å². The van der Waals surface area contributed by atoms with Gasteiger partial charge in [-0.15, -0.1) is 10.2 Å². The average molecular weight is 393 g/mol. The van der Waals surface area contributed by atoms with Crippen LogP contribution in [0.15, 0.2) is 47.3 Å². The third-order valence-corrected chi connectivity index (χ3v) is 5.44. The number of nitrogens with one attached hydrogen (secondary N) is 1.